The number of nitrogens with zero attached hydrogens (tertiary/aromatic N) is 1. The molecule has 1 N–H and O–H groups in total. The predicted molar refractivity (Wildman–Crippen MR) is 119 cm³/mol. The molecule has 0 radical (unpaired) electrons. The molecule has 1 amide bonds. The summed E-state index contributed by atoms with van der Waals surface area (Å²) in [5, 5.41) is 2.97. The number of para-hydroxylation sites is 1. The Bertz CT molecular complexity index is 974. The summed E-state index contributed by atoms with van der Waals surface area (Å²) in [6.45, 7) is 10.6. The van der Waals surface area contributed by atoms with E-state index in [0.29, 0.717) is 19.0 Å². The van der Waals surface area contributed by atoms with E-state index in [1.165, 1.54) is 10.4 Å². The number of rotatable bonds is 8. The third kappa shape index (κ3) is 5.55. The molecule has 5 nitrogen and oxygen atoms in total. The van der Waals surface area contributed by atoms with Gasteiger partial charge in [-0.05, 0) is 47.7 Å². The van der Waals surface area contributed by atoms with Crippen LogP contribution in [0.1, 0.15) is 50.3 Å². The Hall–Kier alpha value is -2.44. The van der Waals surface area contributed by atoms with Crippen molar-refractivity contribution in [2.45, 2.75) is 45.4 Å². The average Bonchev–Trinajstić information content (AvgIpc) is 2.68. The largest absolute Gasteiger partial charge is 0.322 e. The second kappa shape index (κ2) is 9.85. The highest BCUT2D eigenvalue weighted by Gasteiger charge is 2.21. The molecule has 0 aliphatic carbocycles. The van der Waals surface area contributed by atoms with E-state index in [1.54, 1.807) is 30.3 Å². The van der Waals surface area contributed by atoms with Gasteiger partial charge in [-0.3, -0.25) is 4.79 Å². The number of aryl methyl sites for hydroxylation is 1. The standard InChI is InChI=1S/C23H30N2O3S/c1-6-25(7-2)29(27,28)20-14-11-19(12-15-20)13-16-22(26)24-23-18(5)9-8-10-21(23)17(3)4/h8-17H,6-7H2,1-5H3,(H,24,26). The van der Waals surface area contributed by atoms with Gasteiger partial charge in [-0.15, -0.1) is 0 Å². The molecule has 0 bridgehead atoms. The first-order chi connectivity index (χ1) is 13.7. The topological polar surface area (TPSA) is 66.5 Å². The Kier molecular flexibility index (Phi) is 7.76. The molecule has 2 rings (SSSR count). The van der Waals surface area contributed by atoms with Crippen LogP contribution >= 0.6 is 0 Å². The minimum absolute atomic E-state index is 0.221. The van der Waals surface area contributed by atoms with Crippen molar-refractivity contribution >= 4 is 27.7 Å². The fraction of sp³-hybridized carbons (Fsp3) is 0.348. The number of anilines is 1. The smallest absolute Gasteiger partial charge is 0.248 e. The molecule has 156 valence electrons. The van der Waals surface area contributed by atoms with E-state index in [1.807, 2.05) is 39.0 Å². The fourth-order valence-corrected chi connectivity index (χ4v) is 4.60. The molecule has 0 fully saturated rings. The molecule has 0 atom stereocenters. The third-order valence-electron chi connectivity index (χ3n) is 4.83. The molecule has 29 heavy (non-hydrogen) atoms. The molecule has 2 aromatic carbocycles. The molecule has 2 aromatic rings. The van der Waals surface area contributed by atoms with Crippen molar-refractivity contribution in [3.8, 4) is 0 Å². The minimum atomic E-state index is -3.48. The first-order valence-electron chi connectivity index (χ1n) is 9.89. The van der Waals surface area contributed by atoms with Crippen molar-refractivity contribution in [2.24, 2.45) is 0 Å². The summed E-state index contributed by atoms with van der Waals surface area (Å²) in [6, 6.07) is 12.5. The predicted octanol–water partition coefficient (Wildman–Crippen LogP) is 4.80. The van der Waals surface area contributed by atoms with Crippen molar-refractivity contribution in [3.05, 3.63) is 65.2 Å². The lowest BCUT2D eigenvalue weighted by molar-refractivity contribution is -0.111. The second-order valence-corrected chi connectivity index (χ2v) is 9.11. The summed E-state index contributed by atoms with van der Waals surface area (Å²) in [5.74, 6) is 0.0792. The highest BCUT2D eigenvalue weighted by molar-refractivity contribution is 7.89. The van der Waals surface area contributed by atoms with Gasteiger partial charge in [0.25, 0.3) is 0 Å². The molecule has 0 spiro atoms. The first-order valence-corrected chi connectivity index (χ1v) is 11.3. The molecule has 0 aromatic heterocycles. The second-order valence-electron chi connectivity index (χ2n) is 7.17. The Morgan fingerprint density at radius 2 is 1.69 bits per heavy atom. The van der Waals surface area contributed by atoms with Crippen LogP contribution < -0.4 is 5.32 Å². The van der Waals surface area contributed by atoms with Crippen LogP contribution in [0, 0.1) is 6.92 Å². The molecule has 0 aliphatic rings. The van der Waals surface area contributed by atoms with E-state index in [0.717, 1.165) is 22.4 Å². The SMILES string of the molecule is CCN(CC)S(=O)(=O)c1ccc(C=CC(=O)Nc2c(C)cccc2C(C)C)cc1. The Morgan fingerprint density at radius 1 is 1.07 bits per heavy atom. The monoisotopic (exact) mass is 414 g/mol. The molecule has 0 unspecified atom stereocenters. The third-order valence-corrected chi connectivity index (χ3v) is 6.89. The Balaban J connectivity index is 2.14. The molecule has 0 saturated heterocycles. The highest BCUT2D eigenvalue weighted by atomic mass is 32.2. The number of carbonyl (C=O) groups excluding carboxylic acids is 1. The maximum atomic E-state index is 12.5. The lowest BCUT2D eigenvalue weighted by atomic mass is 9.98. The highest BCUT2D eigenvalue weighted by Crippen LogP contribution is 2.27. The molecular formula is C23H30N2O3S. The van der Waals surface area contributed by atoms with Crippen LogP contribution in [0.4, 0.5) is 5.69 Å². The van der Waals surface area contributed by atoms with Gasteiger partial charge in [-0.2, -0.15) is 4.31 Å². The summed E-state index contributed by atoms with van der Waals surface area (Å²) < 4.78 is 26.5. The van der Waals surface area contributed by atoms with Crippen LogP contribution in [-0.4, -0.2) is 31.7 Å². The minimum Gasteiger partial charge on any atom is -0.322 e. The zero-order valence-corrected chi connectivity index (χ0v) is 18.6. The Morgan fingerprint density at radius 3 is 2.24 bits per heavy atom. The molecule has 0 saturated carbocycles. The van der Waals surface area contributed by atoms with Crippen molar-refractivity contribution < 1.29 is 13.2 Å². The van der Waals surface area contributed by atoms with E-state index in [-0.39, 0.29) is 10.8 Å². The maximum absolute atomic E-state index is 12.5. The number of hydrogen-bond donors (Lipinski definition) is 1. The number of amides is 1. The number of hydrogen-bond acceptors (Lipinski definition) is 3. The van der Waals surface area contributed by atoms with E-state index in [9.17, 15) is 13.2 Å². The van der Waals surface area contributed by atoms with E-state index >= 15 is 0 Å². The van der Waals surface area contributed by atoms with Gasteiger partial charge in [0, 0.05) is 24.9 Å². The molecule has 0 heterocycles. The lowest BCUT2D eigenvalue weighted by Crippen LogP contribution is -2.30. The van der Waals surface area contributed by atoms with E-state index < -0.39 is 10.0 Å². The summed E-state index contributed by atoms with van der Waals surface area (Å²) >= 11 is 0. The van der Waals surface area contributed by atoms with Crippen molar-refractivity contribution in [2.75, 3.05) is 18.4 Å². The molecular weight excluding hydrogens is 384 g/mol. The van der Waals surface area contributed by atoms with Gasteiger partial charge in [0.05, 0.1) is 4.90 Å². The van der Waals surface area contributed by atoms with Gasteiger partial charge in [0.2, 0.25) is 15.9 Å². The van der Waals surface area contributed by atoms with Crippen LogP contribution in [0.25, 0.3) is 6.08 Å². The van der Waals surface area contributed by atoms with Gasteiger partial charge < -0.3 is 5.32 Å². The van der Waals surface area contributed by atoms with Crippen LogP contribution in [0.15, 0.2) is 53.4 Å². The fourth-order valence-electron chi connectivity index (χ4n) is 3.14. The van der Waals surface area contributed by atoms with Crippen molar-refractivity contribution in [1.29, 1.82) is 0 Å². The zero-order chi connectivity index (χ0) is 21.6. The van der Waals surface area contributed by atoms with Crippen LogP contribution in [-0.2, 0) is 14.8 Å². The number of sulfonamides is 1. The van der Waals surface area contributed by atoms with Gasteiger partial charge in [0.15, 0.2) is 0 Å². The summed E-state index contributed by atoms with van der Waals surface area (Å²) in [6.07, 6.45) is 3.14. The lowest BCUT2D eigenvalue weighted by Gasteiger charge is -2.18. The normalized spacial score (nSPS) is 12.1. The zero-order valence-electron chi connectivity index (χ0n) is 17.8. The molecule has 0 aliphatic heterocycles. The average molecular weight is 415 g/mol. The molecule has 6 heteroatoms. The van der Waals surface area contributed by atoms with E-state index in [4.69, 9.17) is 0 Å². The summed E-state index contributed by atoms with van der Waals surface area (Å²) in [5.41, 5.74) is 3.71. The van der Waals surface area contributed by atoms with Crippen molar-refractivity contribution in [3.63, 3.8) is 0 Å². The van der Waals surface area contributed by atoms with Gasteiger partial charge >= 0.3 is 0 Å². The first kappa shape index (κ1) is 22.8. The summed E-state index contributed by atoms with van der Waals surface area (Å²) in [7, 11) is -3.48. The van der Waals surface area contributed by atoms with Crippen LogP contribution in [0.3, 0.4) is 0 Å². The van der Waals surface area contributed by atoms with Gasteiger partial charge in [0.1, 0.15) is 0 Å². The number of benzene rings is 2. The van der Waals surface area contributed by atoms with E-state index in [2.05, 4.69) is 19.2 Å². The van der Waals surface area contributed by atoms with Crippen LogP contribution in [0.5, 0.6) is 0 Å². The number of carbonyl (C=O) groups is 1. The van der Waals surface area contributed by atoms with Gasteiger partial charge in [-0.25, -0.2) is 8.42 Å². The van der Waals surface area contributed by atoms with Crippen LogP contribution in [0.2, 0.25) is 0 Å². The maximum Gasteiger partial charge on any atom is 0.248 e. The quantitative estimate of drug-likeness (QED) is 0.631. The number of nitrogens with one attached hydrogen (secondary N) is 1. The Labute approximate surface area is 174 Å². The van der Waals surface area contributed by atoms with Gasteiger partial charge in [-0.1, -0.05) is 58.0 Å². The van der Waals surface area contributed by atoms with Crippen molar-refractivity contribution in [1.82, 2.24) is 4.31 Å². The summed E-state index contributed by atoms with van der Waals surface area (Å²) in [4.78, 5) is 12.7.